The topological polar surface area (TPSA) is 0 Å². The molecule has 1 aromatic carbocycles. The van der Waals surface area contributed by atoms with E-state index in [0.717, 1.165) is 5.92 Å². The summed E-state index contributed by atoms with van der Waals surface area (Å²) in [4.78, 5) is 2.93. The molecule has 0 fully saturated rings. The van der Waals surface area contributed by atoms with Crippen molar-refractivity contribution in [3.63, 3.8) is 0 Å². The summed E-state index contributed by atoms with van der Waals surface area (Å²) < 4.78 is 0.682. The van der Waals surface area contributed by atoms with Crippen LogP contribution in [0.4, 0.5) is 0 Å². The fourth-order valence-corrected chi connectivity index (χ4v) is 6.09. The normalized spacial score (nSPS) is 15.9. The third-order valence-corrected chi connectivity index (χ3v) is 6.69. The van der Waals surface area contributed by atoms with Crippen LogP contribution in [0.1, 0.15) is 20.3 Å². The average Bonchev–Trinajstić information content (AvgIpc) is 2.59. The minimum absolute atomic E-state index is 0.682. The van der Waals surface area contributed by atoms with E-state index in [1.54, 1.807) is 0 Å². The SMILES string of the molecule is CC(C)CCSC1Sc2ccccc2S1. The summed E-state index contributed by atoms with van der Waals surface area (Å²) in [6.45, 7) is 4.59. The molecule has 1 aliphatic rings. The standard InChI is InChI=1S/C12H16S3/c1-9(2)7-8-13-12-14-10-5-3-4-6-11(10)15-12/h3-6,9,12H,7-8H2,1-2H3. The van der Waals surface area contributed by atoms with Gasteiger partial charge in [0.25, 0.3) is 0 Å². The Hall–Kier alpha value is 0.270. The molecule has 2 rings (SSSR count). The van der Waals surface area contributed by atoms with Gasteiger partial charge in [0.05, 0.1) is 0 Å². The van der Waals surface area contributed by atoms with Crippen molar-refractivity contribution in [2.24, 2.45) is 5.92 Å². The van der Waals surface area contributed by atoms with Gasteiger partial charge >= 0.3 is 0 Å². The van der Waals surface area contributed by atoms with Crippen molar-refractivity contribution in [3.05, 3.63) is 24.3 Å². The molecule has 0 aromatic heterocycles. The molecule has 0 atom stereocenters. The number of benzene rings is 1. The summed E-state index contributed by atoms with van der Waals surface area (Å²) in [6, 6.07) is 8.73. The summed E-state index contributed by atoms with van der Waals surface area (Å²) in [5, 5.41) is 0. The van der Waals surface area contributed by atoms with Crippen LogP contribution in [0, 0.1) is 5.92 Å². The van der Waals surface area contributed by atoms with E-state index >= 15 is 0 Å². The summed E-state index contributed by atoms with van der Waals surface area (Å²) in [5.74, 6) is 2.12. The zero-order valence-corrected chi connectivity index (χ0v) is 11.6. The van der Waals surface area contributed by atoms with Crippen molar-refractivity contribution in [2.45, 2.75) is 34.0 Å². The van der Waals surface area contributed by atoms with Crippen molar-refractivity contribution in [1.29, 1.82) is 0 Å². The molecule has 1 heterocycles. The molecule has 1 aliphatic heterocycles. The molecule has 15 heavy (non-hydrogen) atoms. The van der Waals surface area contributed by atoms with Crippen LogP contribution in [0.15, 0.2) is 34.1 Å². The first-order valence-corrected chi connectivity index (χ1v) is 8.10. The lowest BCUT2D eigenvalue weighted by molar-refractivity contribution is 0.632. The molecule has 0 unspecified atom stereocenters. The van der Waals surface area contributed by atoms with Gasteiger partial charge in [-0.3, -0.25) is 0 Å². The molecule has 0 spiro atoms. The first kappa shape index (κ1) is 11.7. The Morgan fingerprint density at radius 1 is 1.20 bits per heavy atom. The quantitative estimate of drug-likeness (QED) is 0.748. The molecule has 0 nitrogen and oxygen atoms in total. The predicted molar refractivity (Wildman–Crippen MR) is 73.9 cm³/mol. The third kappa shape index (κ3) is 3.36. The molecule has 0 N–H and O–H groups in total. The minimum atomic E-state index is 0.682. The van der Waals surface area contributed by atoms with Gasteiger partial charge in [0, 0.05) is 9.79 Å². The molecular formula is C12H16S3. The van der Waals surface area contributed by atoms with Gasteiger partial charge in [-0.05, 0) is 30.2 Å². The maximum Gasteiger partial charge on any atom is 0.105 e. The molecule has 82 valence electrons. The van der Waals surface area contributed by atoms with Gasteiger partial charge in [-0.15, -0.1) is 11.8 Å². The number of rotatable bonds is 4. The van der Waals surface area contributed by atoms with Gasteiger partial charge in [0.1, 0.15) is 3.91 Å². The predicted octanol–water partition coefficient (Wildman–Crippen LogP) is 4.95. The molecule has 0 bridgehead atoms. The maximum absolute atomic E-state index is 2.30. The van der Waals surface area contributed by atoms with Gasteiger partial charge in [-0.1, -0.05) is 49.5 Å². The highest BCUT2D eigenvalue weighted by atomic mass is 32.3. The van der Waals surface area contributed by atoms with E-state index in [4.69, 9.17) is 0 Å². The van der Waals surface area contributed by atoms with Crippen LogP contribution in [-0.4, -0.2) is 9.67 Å². The third-order valence-electron chi connectivity index (χ3n) is 2.24. The molecule has 0 saturated carbocycles. The van der Waals surface area contributed by atoms with Crippen LogP contribution < -0.4 is 0 Å². The van der Waals surface area contributed by atoms with Crippen molar-refractivity contribution < 1.29 is 0 Å². The van der Waals surface area contributed by atoms with Gasteiger partial charge in [0.2, 0.25) is 0 Å². The Kier molecular flexibility index (Phi) is 4.35. The lowest BCUT2D eigenvalue weighted by Gasteiger charge is -2.08. The van der Waals surface area contributed by atoms with E-state index < -0.39 is 0 Å². The minimum Gasteiger partial charge on any atom is -0.136 e. The average molecular weight is 256 g/mol. The number of thioether (sulfide) groups is 3. The van der Waals surface area contributed by atoms with Crippen LogP contribution in [0.25, 0.3) is 0 Å². The van der Waals surface area contributed by atoms with Crippen LogP contribution >= 0.6 is 35.3 Å². The van der Waals surface area contributed by atoms with Crippen molar-refractivity contribution >= 4 is 35.3 Å². The van der Waals surface area contributed by atoms with E-state index in [-0.39, 0.29) is 0 Å². The molecule has 0 radical (unpaired) electrons. The Balaban J connectivity index is 1.80. The first-order chi connectivity index (χ1) is 7.25. The van der Waals surface area contributed by atoms with E-state index in [1.807, 2.05) is 23.5 Å². The Labute approximate surface area is 105 Å². The summed E-state index contributed by atoms with van der Waals surface area (Å²) in [6.07, 6.45) is 1.33. The second kappa shape index (κ2) is 5.55. The van der Waals surface area contributed by atoms with Crippen molar-refractivity contribution in [1.82, 2.24) is 0 Å². The molecule has 0 amide bonds. The fraction of sp³-hybridized carbons (Fsp3) is 0.500. The zero-order chi connectivity index (χ0) is 10.7. The second-order valence-corrected chi connectivity index (χ2v) is 8.43. The Bertz CT molecular complexity index is 297. The second-order valence-electron chi connectivity index (χ2n) is 4.02. The van der Waals surface area contributed by atoms with Gasteiger partial charge in [0.15, 0.2) is 0 Å². The molecule has 0 aliphatic carbocycles. The highest BCUT2D eigenvalue weighted by molar-refractivity contribution is 8.33. The zero-order valence-electron chi connectivity index (χ0n) is 9.10. The van der Waals surface area contributed by atoms with Crippen molar-refractivity contribution in [2.75, 3.05) is 5.75 Å². The Morgan fingerprint density at radius 3 is 2.33 bits per heavy atom. The van der Waals surface area contributed by atoms with Gasteiger partial charge in [-0.25, -0.2) is 0 Å². The fourth-order valence-electron chi connectivity index (χ4n) is 1.34. The lowest BCUT2D eigenvalue weighted by Crippen LogP contribution is -1.92. The largest absolute Gasteiger partial charge is 0.136 e. The molecular weight excluding hydrogens is 240 g/mol. The van der Waals surface area contributed by atoms with E-state index in [9.17, 15) is 0 Å². The summed E-state index contributed by atoms with van der Waals surface area (Å²) >= 11 is 6.12. The molecule has 1 aromatic rings. The monoisotopic (exact) mass is 256 g/mol. The highest BCUT2D eigenvalue weighted by Crippen LogP contribution is 2.52. The molecule has 0 saturated heterocycles. The molecule has 3 heteroatoms. The van der Waals surface area contributed by atoms with Crippen LogP contribution in [-0.2, 0) is 0 Å². The Morgan fingerprint density at radius 2 is 1.80 bits per heavy atom. The van der Waals surface area contributed by atoms with Gasteiger partial charge < -0.3 is 0 Å². The first-order valence-electron chi connectivity index (χ1n) is 5.29. The van der Waals surface area contributed by atoms with Crippen LogP contribution in [0.5, 0.6) is 0 Å². The maximum atomic E-state index is 2.30. The van der Waals surface area contributed by atoms with Gasteiger partial charge in [-0.2, -0.15) is 0 Å². The number of fused-ring (bicyclic) bond motifs is 1. The highest BCUT2D eigenvalue weighted by Gasteiger charge is 2.22. The number of hydrogen-bond donors (Lipinski definition) is 0. The van der Waals surface area contributed by atoms with E-state index in [0.29, 0.717) is 3.91 Å². The number of hydrogen-bond acceptors (Lipinski definition) is 3. The van der Waals surface area contributed by atoms with Crippen LogP contribution in [0.2, 0.25) is 0 Å². The van der Waals surface area contributed by atoms with E-state index in [1.165, 1.54) is 22.0 Å². The van der Waals surface area contributed by atoms with E-state index in [2.05, 4.69) is 49.9 Å². The lowest BCUT2D eigenvalue weighted by atomic mass is 10.2. The summed E-state index contributed by atoms with van der Waals surface area (Å²) in [7, 11) is 0. The van der Waals surface area contributed by atoms with Crippen molar-refractivity contribution in [3.8, 4) is 0 Å². The van der Waals surface area contributed by atoms with Crippen LogP contribution in [0.3, 0.4) is 0 Å². The summed E-state index contributed by atoms with van der Waals surface area (Å²) in [5.41, 5.74) is 0. The smallest absolute Gasteiger partial charge is 0.105 e.